The van der Waals surface area contributed by atoms with Gasteiger partial charge in [-0.3, -0.25) is 4.79 Å². The average molecular weight is 252 g/mol. The molecular weight excluding hydrogens is 235 g/mol. The molecule has 0 radical (unpaired) electrons. The van der Waals surface area contributed by atoms with Crippen LogP contribution in [0.25, 0.3) is 0 Å². The Morgan fingerprint density at radius 1 is 1.50 bits per heavy atom. The molecule has 18 heavy (non-hydrogen) atoms. The van der Waals surface area contributed by atoms with E-state index in [4.69, 9.17) is 10.8 Å². The molecule has 0 atom stereocenters. The number of primary amides is 1. The van der Waals surface area contributed by atoms with Crippen molar-refractivity contribution in [3.63, 3.8) is 0 Å². The van der Waals surface area contributed by atoms with Crippen LogP contribution in [0.15, 0.2) is 18.2 Å². The molecule has 1 aliphatic rings. The molecule has 4 nitrogen and oxygen atoms in total. The van der Waals surface area contributed by atoms with Gasteiger partial charge in [0.15, 0.2) is 0 Å². The molecule has 1 aromatic carbocycles. The molecule has 0 unspecified atom stereocenters. The van der Waals surface area contributed by atoms with E-state index >= 15 is 0 Å². The number of rotatable bonds is 5. The van der Waals surface area contributed by atoms with Crippen molar-refractivity contribution >= 4 is 5.91 Å². The van der Waals surface area contributed by atoms with Gasteiger partial charge in [0.2, 0.25) is 5.91 Å². The lowest BCUT2D eigenvalue weighted by Gasteiger charge is -2.31. The first kappa shape index (κ1) is 13.0. The van der Waals surface area contributed by atoms with Crippen LogP contribution in [-0.2, 0) is 6.54 Å². The van der Waals surface area contributed by atoms with Crippen molar-refractivity contribution in [2.45, 2.75) is 25.5 Å². The lowest BCUT2D eigenvalue weighted by atomic mass is 9.82. The third-order valence-corrected chi connectivity index (χ3v) is 3.30. The minimum atomic E-state index is -0.628. The highest BCUT2D eigenvalue weighted by Crippen LogP contribution is 2.26. The summed E-state index contributed by atoms with van der Waals surface area (Å²) in [7, 11) is 0. The van der Waals surface area contributed by atoms with Crippen LogP contribution < -0.4 is 11.1 Å². The monoisotopic (exact) mass is 252 g/mol. The van der Waals surface area contributed by atoms with Crippen LogP contribution in [0.5, 0.6) is 0 Å². The molecule has 1 aromatic rings. The van der Waals surface area contributed by atoms with Gasteiger partial charge in [-0.2, -0.15) is 0 Å². The van der Waals surface area contributed by atoms with E-state index < -0.39 is 11.7 Å². The van der Waals surface area contributed by atoms with Gasteiger partial charge in [0, 0.05) is 17.7 Å². The number of aliphatic hydroxyl groups excluding tert-OH is 1. The third-order valence-electron chi connectivity index (χ3n) is 3.30. The standard InChI is InChI=1S/C13H17FN2O2/c14-12-5-9(13(15)18)1-2-10(12)7-16-6-8-3-11(17)4-8/h1-2,5,8,11,16-17H,3-4,6-7H2,(H2,15,18). The number of benzene rings is 1. The SMILES string of the molecule is NC(=O)c1ccc(CNCC2CC(O)C2)c(F)c1. The summed E-state index contributed by atoms with van der Waals surface area (Å²) in [4.78, 5) is 10.9. The quantitative estimate of drug-likeness (QED) is 0.725. The Labute approximate surface area is 105 Å². The summed E-state index contributed by atoms with van der Waals surface area (Å²) < 4.78 is 13.6. The molecule has 5 heteroatoms. The number of aliphatic hydroxyl groups is 1. The molecule has 1 saturated carbocycles. The van der Waals surface area contributed by atoms with Crippen LogP contribution in [0.3, 0.4) is 0 Å². The van der Waals surface area contributed by atoms with Crippen molar-refractivity contribution in [3.8, 4) is 0 Å². The zero-order chi connectivity index (χ0) is 13.1. The van der Waals surface area contributed by atoms with E-state index in [9.17, 15) is 9.18 Å². The second kappa shape index (κ2) is 5.46. The molecule has 1 fully saturated rings. The average Bonchev–Trinajstić information content (AvgIpc) is 2.28. The van der Waals surface area contributed by atoms with E-state index in [1.54, 1.807) is 6.07 Å². The van der Waals surface area contributed by atoms with E-state index in [1.165, 1.54) is 6.07 Å². The van der Waals surface area contributed by atoms with E-state index in [0.717, 1.165) is 25.5 Å². The van der Waals surface area contributed by atoms with Crippen molar-refractivity contribution in [2.75, 3.05) is 6.54 Å². The van der Waals surface area contributed by atoms with Gasteiger partial charge in [0.25, 0.3) is 0 Å². The van der Waals surface area contributed by atoms with Crippen LogP contribution >= 0.6 is 0 Å². The molecule has 1 aliphatic carbocycles. The Kier molecular flexibility index (Phi) is 3.93. The molecule has 4 N–H and O–H groups in total. The van der Waals surface area contributed by atoms with Crippen molar-refractivity contribution in [1.82, 2.24) is 5.32 Å². The number of hydrogen-bond donors (Lipinski definition) is 3. The maximum Gasteiger partial charge on any atom is 0.248 e. The van der Waals surface area contributed by atoms with Crippen LogP contribution in [-0.4, -0.2) is 23.7 Å². The summed E-state index contributed by atoms with van der Waals surface area (Å²) in [5, 5.41) is 12.3. The van der Waals surface area contributed by atoms with Gasteiger partial charge in [-0.1, -0.05) is 6.07 Å². The predicted octanol–water partition coefficient (Wildman–Crippen LogP) is 0.785. The fourth-order valence-corrected chi connectivity index (χ4v) is 2.12. The molecule has 0 heterocycles. The fourth-order valence-electron chi connectivity index (χ4n) is 2.12. The van der Waals surface area contributed by atoms with Gasteiger partial charge >= 0.3 is 0 Å². The Balaban J connectivity index is 1.84. The maximum absolute atomic E-state index is 13.6. The number of carbonyl (C=O) groups excluding carboxylic acids is 1. The number of amides is 1. The Morgan fingerprint density at radius 2 is 2.22 bits per heavy atom. The first-order chi connectivity index (χ1) is 8.56. The van der Waals surface area contributed by atoms with Crippen molar-refractivity contribution in [3.05, 3.63) is 35.1 Å². The normalized spacial score (nSPS) is 22.6. The zero-order valence-electron chi connectivity index (χ0n) is 10.0. The molecule has 0 aromatic heterocycles. The number of carbonyl (C=O) groups is 1. The molecule has 0 saturated heterocycles. The lowest BCUT2D eigenvalue weighted by molar-refractivity contribution is 0.0429. The van der Waals surface area contributed by atoms with E-state index in [2.05, 4.69) is 5.32 Å². The third kappa shape index (κ3) is 3.05. The molecule has 2 rings (SSSR count). The summed E-state index contributed by atoms with van der Waals surface area (Å²) >= 11 is 0. The van der Waals surface area contributed by atoms with Gasteiger partial charge in [0.05, 0.1) is 6.10 Å². The molecule has 0 aliphatic heterocycles. The summed E-state index contributed by atoms with van der Waals surface area (Å²) in [6, 6.07) is 4.25. The highest BCUT2D eigenvalue weighted by atomic mass is 19.1. The minimum absolute atomic E-state index is 0.164. The van der Waals surface area contributed by atoms with Crippen LogP contribution in [0.1, 0.15) is 28.8 Å². The number of nitrogens with one attached hydrogen (secondary N) is 1. The molecule has 0 bridgehead atoms. The Bertz CT molecular complexity index is 445. The maximum atomic E-state index is 13.6. The fraction of sp³-hybridized carbons (Fsp3) is 0.462. The lowest BCUT2D eigenvalue weighted by Crippen LogP contribution is -2.36. The minimum Gasteiger partial charge on any atom is -0.393 e. The van der Waals surface area contributed by atoms with Gasteiger partial charge < -0.3 is 16.2 Å². The molecular formula is C13H17FN2O2. The van der Waals surface area contributed by atoms with Crippen LogP contribution in [0, 0.1) is 11.7 Å². The van der Waals surface area contributed by atoms with E-state index in [1.807, 2.05) is 0 Å². The predicted molar refractivity (Wildman–Crippen MR) is 65.4 cm³/mol. The molecule has 0 spiro atoms. The van der Waals surface area contributed by atoms with Gasteiger partial charge in [-0.15, -0.1) is 0 Å². The van der Waals surface area contributed by atoms with Crippen molar-refractivity contribution in [1.29, 1.82) is 0 Å². The van der Waals surface area contributed by atoms with Crippen molar-refractivity contribution in [2.24, 2.45) is 11.7 Å². The largest absolute Gasteiger partial charge is 0.393 e. The molecule has 1 amide bonds. The Morgan fingerprint density at radius 3 is 2.78 bits per heavy atom. The highest BCUT2D eigenvalue weighted by molar-refractivity contribution is 5.92. The number of hydrogen-bond acceptors (Lipinski definition) is 3. The van der Waals surface area contributed by atoms with Gasteiger partial charge in [-0.05, 0) is 37.4 Å². The first-order valence-corrected chi connectivity index (χ1v) is 6.03. The summed E-state index contributed by atoms with van der Waals surface area (Å²) in [6.07, 6.45) is 1.47. The number of halogens is 1. The second-order valence-electron chi connectivity index (χ2n) is 4.79. The molecule has 98 valence electrons. The topological polar surface area (TPSA) is 75.4 Å². The van der Waals surface area contributed by atoms with E-state index in [-0.39, 0.29) is 11.7 Å². The van der Waals surface area contributed by atoms with Crippen LogP contribution in [0.2, 0.25) is 0 Å². The summed E-state index contributed by atoms with van der Waals surface area (Å²) in [5.41, 5.74) is 5.76. The van der Waals surface area contributed by atoms with Gasteiger partial charge in [-0.25, -0.2) is 4.39 Å². The Hall–Kier alpha value is -1.46. The number of nitrogens with two attached hydrogens (primary N) is 1. The second-order valence-corrected chi connectivity index (χ2v) is 4.79. The summed E-state index contributed by atoms with van der Waals surface area (Å²) in [6.45, 7) is 1.19. The zero-order valence-corrected chi connectivity index (χ0v) is 10.0. The van der Waals surface area contributed by atoms with Gasteiger partial charge in [0.1, 0.15) is 5.82 Å². The van der Waals surface area contributed by atoms with Crippen LogP contribution in [0.4, 0.5) is 4.39 Å². The van der Waals surface area contributed by atoms with Crippen molar-refractivity contribution < 1.29 is 14.3 Å². The van der Waals surface area contributed by atoms with E-state index in [0.29, 0.717) is 18.0 Å². The highest BCUT2D eigenvalue weighted by Gasteiger charge is 2.26. The first-order valence-electron chi connectivity index (χ1n) is 6.03. The summed E-state index contributed by atoms with van der Waals surface area (Å²) in [5.74, 6) is -0.572. The smallest absolute Gasteiger partial charge is 0.248 e.